The van der Waals surface area contributed by atoms with E-state index >= 15 is 0 Å². The fourth-order valence-corrected chi connectivity index (χ4v) is 3.39. The minimum atomic E-state index is -0.321. The van der Waals surface area contributed by atoms with E-state index < -0.39 is 0 Å². The van der Waals surface area contributed by atoms with Crippen molar-refractivity contribution in [3.8, 4) is 22.8 Å². The summed E-state index contributed by atoms with van der Waals surface area (Å²) in [7, 11) is 0. The molecule has 3 aromatic rings. The van der Waals surface area contributed by atoms with Crippen molar-refractivity contribution in [2.45, 2.75) is 33.9 Å². The maximum Gasteiger partial charge on any atom is 0.267 e. The van der Waals surface area contributed by atoms with Crippen molar-refractivity contribution in [1.82, 2.24) is 15.1 Å². The molecule has 7 heteroatoms. The summed E-state index contributed by atoms with van der Waals surface area (Å²) in [6.45, 7) is 6.48. The molecule has 154 valence electrons. The topological polar surface area (TPSA) is 82.5 Å². The number of carbonyl (C=O) groups is 1. The quantitative estimate of drug-likeness (QED) is 0.706. The van der Waals surface area contributed by atoms with Crippen LogP contribution in [0.25, 0.3) is 11.3 Å². The van der Waals surface area contributed by atoms with E-state index in [1.165, 1.54) is 16.3 Å². The van der Waals surface area contributed by atoms with E-state index in [0.717, 1.165) is 22.3 Å². The number of carbonyl (C=O) groups excluding carboxylic acids is 1. The summed E-state index contributed by atoms with van der Waals surface area (Å²) in [5.41, 5.74) is 5.60. The second-order valence-corrected chi connectivity index (χ2v) is 7.43. The third-order valence-electron chi connectivity index (χ3n) is 5.20. The zero-order valence-electron chi connectivity index (χ0n) is 17.2. The number of aryl methyl sites for hydroxylation is 3. The first kappa shape index (κ1) is 19.7. The van der Waals surface area contributed by atoms with Crippen molar-refractivity contribution in [2.75, 3.05) is 6.79 Å². The van der Waals surface area contributed by atoms with Crippen LogP contribution >= 0.6 is 0 Å². The predicted octanol–water partition coefficient (Wildman–Crippen LogP) is 2.88. The van der Waals surface area contributed by atoms with Crippen LogP contribution in [0.2, 0.25) is 0 Å². The zero-order chi connectivity index (χ0) is 21.3. The van der Waals surface area contributed by atoms with Gasteiger partial charge in [-0.15, -0.1) is 0 Å². The highest BCUT2D eigenvalue weighted by atomic mass is 16.7. The Morgan fingerprint density at radius 1 is 1.00 bits per heavy atom. The summed E-state index contributed by atoms with van der Waals surface area (Å²) < 4.78 is 11.8. The molecule has 2 heterocycles. The van der Waals surface area contributed by atoms with Gasteiger partial charge in [0.2, 0.25) is 12.7 Å². The van der Waals surface area contributed by atoms with Gasteiger partial charge in [0.05, 0.1) is 5.69 Å². The number of nitrogens with zero attached hydrogens (tertiary/aromatic N) is 2. The minimum absolute atomic E-state index is 0.152. The average Bonchev–Trinajstić information content (AvgIpc) is 3.19. The highest BCUT2D eigenvalue weighted by Gasteiger charge is 2.14. The smallest absolute Gasteiger partial charge is 0.267 e. The number of aromatic nitrogens is 2. The molecule has 0 atom stereocenters. The maximum atomic E-state index is 12.4. The fraction of sp³-hybridized carbons (Fsp3) is 0.261. The van der Waals surface area contributed by atoms with Crippen LogP contribution in [0.3, 0.4) is 0 Å². The molecule has 7 nitrogen and oxygen atoms in total. The SMILES string of the molecule is Cc1cc(C)c(-c2ccc(=O)n(CC(=O)NCc3ccc4c(c3)OCO4)n2)cc1C. The third kappa shape index (κ3) is 4.05. The molecule has 4 rings (SSSR count). The van der Waals surface area contributed by atoms with Crippen LogP contribution in [-0.4, -0.2) is 22.5 Å². The molecule has 0 unspecified atom stereocenters. The van der Waals surface area contributed by atoms with Crippen LogP contribution in [0.4, 0.5) is 0 Å². The Morgan fingerprint density at radius 3 is 2.60 bits per heavy atom. The van der Waals surface area contributed by atoms with Gasteiger partial charge >= 0.3 is 0 Å². The number of nitrogens with one attached hydrogen (secondary N) is 1. The average molecular weight is 405 g/mol. The Balaban J connectivity index is 1.48. The van der Waals surface area contributed by atoms with Gasteiger partial charge in [-0.05, 0) is 67.3 Å². The van der Waals surface area contributed by atoms with Gasteiger partial charge in [0.1, 0.15) is 6.54 Å². The van der Waals surface area contributed by atoms with Gasteiger partial charge in [-0.2, -0.15) is 5.10 Å². The van der Waals surface area contributed by atoms with Gasteiger partial charge in [-0.25, -0.2) is 4.68 Å². The molecule has 1 aromatic heterocycles. The van der Waals surface area contributed by atoms with Crippen LogP contribution in [-0.2, 0) is 17.9 Å². The van der Waals surface area contributed by atoms with Crippen molar-refractivity contribution < 1.29 is 14.3 Å². The van der Waals surface area contributed by atoms with Crippen LogP contribution in [0.5, 0.6) is 11.5 Å². The Hall–Kier alpha value is -3.61. The number of ether oxygens (including phenoxy) is 2. The van der Waals surface area contributed by atoms with E-state index in [0.29, 0.717) is 23.7 Å². The zero-order valence-corrected chi connectivity index (χ0v) is 17.2. The molecule has 0 spiro atoms. The summed E-state index contributed by atoms with van der Waals surface area (Å²) in [5.74, 6) is 1.06. The molecular formula is C23H23N3O4. The fourth-order valence-electron chi connectivity index (χ4n) is 3.39. The summed E-state index contributed by atoms with van der Waals surface area (Å²) in [6.07, 6.45) is 0. The Morgan fingerprint density at radius 2 is 1.77 bits per heavy atom. The lowest BCUT2D eigenvalue weighted by molar-refractivity contribution is -0.122. The highest BCUT2D eigenvalue weighted by Crippen LogP contribution is 2.32. The summed E-state index contributed by atoms with van der Waals surface area (Å²) in [6, 6.07) is 12.8. The molecule has 0 bridgehead atoms. The van der Waals surface area contributed by atoms with Crippen LogP contribution in [0, 0.1) is 20.8 Å². The summed E-state index contributed by atoms with van der Waals surface area (Å²) in [5, 5.41) is 7.24. The van der Waals surface area contributed by atoms with Crippen LogP contribution in [0.1, 0.15) is 22.3 Å². The van der Waals surface area contributed by atoms with Gasteiger partial charge in [0.15, 0.2) is 11.5 Å². The van der Waals surface area contributed by atoms with Crippen molar-refractivity contribution in [3.05, 3.63) is 75.1 Å². The predicted molar refractivity (Wildman–Crippen MR) is 113 cm³/mol. The molecule has 0 saturated heterocycles. The van der Waals surface area contributed by atoms with Crippen LogP contribution in [0.15, 0.2) is 47.3 Å². The molecular weight excluding hydrogens is 382 g/mol. The molecule has 1 amide bonds. The highest BCUT2D eigenvalue weighted by molar-refractivity contribution is 5.75. The molecule has 1 aliphatic heterocycles. The molecule has 1 N–H and O–H groups in total. The number of hydrogen-bond donors (Lipinski definition) is 1. The number of hydrogen-bond acceptors (Lipinski definition) is 5. The molecule has 2 aromatic carbocycles. The van der Waals surface area contributed by atoms with E-state index in [2.05, 4.69) is 29.5 Å². The van der Waals surface area contributed by atoms with Gasteiger partial charge in [-0.3, -0.25) is 9.59 Å². The monoisotopic (exact) mass is 405 g/mol. The second-order valence-electron chi connectivity index (χ2n) is 7.43. The van der Waals surface area contributed by atoms with E-state index in [4.69, 9.17) is 9.47 Å². The minimum Gasteiger partial charge on any atom is -0.454 e. The number of rotatable bonds is 5. The van der Waals surface area contributed by atoms with Gasteiger partial charge in [0.25, 0.3) is 5.56 Å². The van der Waals surface area contributed by atoms with E-state index in [-0.39, 0.29) is 24.8 Å². The maximum absolute atomic E-state index is 12.4. The lowest BCUT2D eigenvalue weighted by Gasteiger charge is -2.12. The molecule has 0 saturated carbocycles. The van der Waals surface area contributed by atoms with Crippen molar-refractivity contribution in [1.29, 1.82) is 0 Å². The first-order valence-corrected chi connectivity index (χ1v) is 9.72. The van der Waals surface area contributed by atoms with Crippen molar-refractivity contribution in [2.24, 2.45) is 0 Å². The van der Waals surface area contributed by atoms with E-state index in [1.54, 1.807) is 6.07 Å². The molecule has 30 heavy (non-hydrogen) atoms. The van der Waals surface area contributed by atoms with Gasteiger partial charge in [0, 0.05) is 18.2 Å². The first-order chi connectivity index (χ1) is 14.4. The van der Waals surface area contributed by atoms with Crippen molar-refractivity contribution in [3.63, 3.8) is 0 Å². The number of fused-ring (bicyclic) bond motifs is 1. The number of amides is 1. The Kier molecular flexibility index (Phi) is 5.27. The lowest BCUT2D eigenvalue weighted by atomic mass is 9.99. The molecule has 0 aliphatic carbocycles. The Bertz CT molecular complexity index is 1180. The molecule has 0 fully saturated rings. The van der Waals surface area contributed by atoms with Crippen LogP contribution < -0.4 is 20.3 Å². The molecule has 1 aliphatic rings. The number of benzene rings is 2. The third-order valence-corrected chi connectivity index (χ3v) is 5.20. The van der Waals surface area contributed by atoms with Gasteiger partial charge < -0.3 is 14.8 Å². The second kappa shape index (κ2) is 8.02. The summed E-state index contributed by atoms with van der Waals surface area (Å²) >= 11 is 0. The Labute approximate surface area is 174 Å². The normalized spacial score (nSPS) is 12.1. The summed E-state index contributed by atoms with van der Waals surface area (Å²) in [4.78, 5) is 24.7. The first-order valence-electron chi connectivity index (χ1n) is 9.72. The molecule has 0 radical (unpaired) electrons. The van der Waals surface area contributed by atoms with E-state index in [1.807, 2.05) is 32.0 Å². The largest absolute Gasteiger partial charge is 0.454 e. The standard InChI is InChI=1S/C23H23N3O4/c1-14-8-16(3)18(9-15(14)2)19-5-7-23(28)26(25-19)12-22(27)24-11-17-4-6-20-21(10-17)30-13-29-20/h4-10H,11-13H2,1-3H3,(H,24,27). The van der Waals surface area contributed by atoms with E-state index in [9.17, 15) is 9.59 Å². The lowest BCUT2D eigenvalue weighted by Crippen LogP contribution is -2.33. The van der Waals surface area contributed by atoms with Crippen molar-refractivity contribution >= 4 is 5.91 Å². The van der Waals surface area contributed by atoms with Gasteiger partial charge in [-0.1, -0.05) is 12.1 Å².